The monoisotopic (exact) mass is 319 g/mol. The number of aliphatic hydroxyl groups is 1. The number of nitrogens with zero attached hydrogens (tertiary/aromatic N) is 1. The fourth-order valence-electron chi connectivity index (χ4n) is 2.27. The number of carbonyl (C=O) groups is 1. The first-order valence-corrected chi connectivity index (χ1v) is 8.55. The summed E-state index contributed by atoms with van der Waals surface area (Å²) in [7, 11) is -3.61. The lowest BCUT2D eigenvalue weighted by Gasteiger charge is -2.45. The predicted molar refractivity (Wildman–Crippen MR) is 74.3 cm³/mol. The van der Waals surface area contributed by atoms with Gasteiger partial charge in [0.25, 0.3) is 10.0 Å². The first-order valence-electron chi connectivity index (χ1n) is 6.30. The van der Waals surface area contributed by atoms with Crippen molar-refractivity contribution in [1.29, 1.82) is 0 Å². The van der Waals surface area contributed by atoms with Crippen LogP contribution in [0.3, 0.4) is 0 Å². The molecule has 0 aliphatic carbocycles. The van der Waals surface area contributed by atoms with E-state index in [0.29, 0.717) is 11.3 Å². The van der Waals surface area contributed by atoms with E-state index in [1.54, 1.807) is 0 Å². The van der Waals surface area contributed by atoms with Gasteiger partial charge >= 0.3 is 5.97 Å². The van der Waals surface area contributed by atoms with Crippen LogP contribution >= 0.6 is 11.3 Å². The molecule has 2 N–H and O–H groups in total. The molecule has 1 aromatic heterocycles. The van der Waals surface area contributed by atoms with Crippen LogP contribution in [0.5, 0.6) is 0 Å². The van der Waals surface area contributed by atoms with E-state index in [2.05, 4.69) is 0 Å². The minimum atomic E-state index is -3.61. The van der Waals surface area contributed by atoms with E-state index >= 15 is 0 Å². The molecular weight excluding hydrogens is 302 g/mol. The molecule has 0 atom stereocenters. The zero-order chi connectivity index (χ0) is 15.0. The third-order valence-corrected chi connectivity index (χ3v) is 6.56. The van der Waals surface area contributed by atoms with E-state index in [1.165, 1.54) is 16.4 Å². The van der Waals surface area contributed by atoms with Crippen molar-refractivity contribution >= 4 is 27.3 Å². The van der Waals surface area contributed by atoms with E-state index in [-0.39, 0.29) is 23.7 Å². The van der Waals surface area contributed by atoms with Gasteiger partial charge in [0.2, 0.25) is 0 Å². The second-order valence-corrected chi connectivity index (χ2v) is 8.37. The van der Waals surface area contributed by atoms with Crippen LogP contribution in [0.2, 0.25) is 0 Å². The highest BCUT2D eigenvalue weighted by molar-refractivity contribution is 7.91. The summed E-state index contributed by atoms with van der Waals surface area (Å²) in [6, 6.07) is 2.94. The lowest BCUT2D eigenvalue weighted by atomic mass is 9.92. The molecule has 0 bridgehead atoms. The molecule has 8 heteroatoms. The summed E-state index contributed by atoms with van der Waals surface area (Å²) >= 11 is 0.967. The van der Waals surface area contributed by atoms with Gasteiger partial charge in [-0.05, 0) is 18.6 Å². The Hall–Kier alpha value is -0.960. The largest absolute Gasteiger partial charge is 0.481 e. The summed E-state index contributed by atoms with van der Waals surface area (Å²) in [5, 5.41) is 18.7. The van der Waals surface area contributed by atoms with Crippen LogP contribution in [0.4, 0.5) is 0 Å². The van der Waals surface area contributed by atoms with E-state index in [4.69, 9.17) is 5.11 Å². The van der Waals surface area contributed by atoms with E-state index in [1.807, 2.05) is 6.92 Å². The highest BCUT2D eigenvalue weighted by Gasteiger charge is 2.46. The highest BCUT2D eigenvalue weighted by atomic mass is 32.2. The van der Waals surface area contributed by atoms with Gasteiger partial charge in [-0.3, -0.25) is 4.79 Å². The fraction of sp³-hybridized carbons (Fsp3) is 0.583. The Morgan fingerprint density at radius 3 is 2.65 bits per heavy atom. The second-order valence-electron chi connectivity index (χ2n) is 5.04. The molecule has 1 aliphatic rings. The van der Waals surface area contributed by atoms with Crippen molar-refractivity contribution in [2.24, 2.45) is 0 Å². The molecular formula is C12H17NO5S2. The number of hydrogen-bond acceptors (Lipinski definition) is 5. The maximum atomic E-state index is 12.3. The fourth-order valence-corrected chi connectivity index (χ4v) is 5.37. The van der Waals surface area contributed by atoms with Gasteiger partial charge in [0.1, 0.15) is 4.21 Å². The predicted octanol–water partition coefficient (Wildman–Crippen LogP) is 0.911. The Bertz CT molecular complexity index is 601. The van der Waals surface area contributed by atoms with E-state index in [9.17, 15) is 18.3 Å². The van der Waals surface area contributed by atoms with Crippen molar-refractivity contribution < 1.29 is 23.4 Å². The quantitative estimate of drug-likeness (QED) is 0.812. The third-order valence-electron chi connectivity index (χ3n) is 3.21. The standard InChI is InChI=1S/C12H17NO5S2/c1-2-5-12(16)7-13(8-12)20(17,18)11-4-3-9(19-11)6-10(14)15/h3-4,16H,2,5-8H2,1H3,(H,14,15). The van der Waals surface area contributed by atoms with Crippen molar-refractivity contribution in [1.82, 2.24) is 4.31 Å². The molecule has 0 unspecified atom stereocenters. The van der Waals surface area contributed by atoms with Crippen LogP contribution < -0.4 is 0 Å². The smallest absolute Gasteiger partial charge is 0.308 e. The van der Waals surface area contributed by atoms with Crippen molar-refractivity contribution in [3.05, 3.63) is 17.0 Å². The molecule has 0 amide bonds. The summed E-state index contributed by atoms with van der Waals surface area (Å²) in [4.78, 5) is 11.1. The van der Waals surface area contributed by atoms with Gasteiger partial charge < -0.3 is 10.2 Å². The molecule has 6 nitrogen and oxygen atoms in total. The Balaban J connectivity index is 2.09. The first-order chi connectivity index (χ1) is 9.27. The second kappa shape index (κ2) is 5.44. The number of β-amino-alcohol motifs (C(OH)–C–C–N with tert-alkyl or cyclic N) is 1. The number of carboxylic acids is 1. The average molecular weight is 319 g/mol. The molecule has 0 aromatic carbocycles. The van der Waals surface area contributed by atoms with E-state index < -0.39 is 21.6 Å². The molecule has 0 saturated carbocycles. The summed E-state index contributed by atoms with van der Waals surface area (Å²) in [5.41, 5.74) is -0.914. The number of sulfonamides is 1. The van der Waals surface area contributed by atoms with Crippen LogP contribution in [0, 0.1) is 0 Å². The molecule has 1 fully saturated rings. The van der Waals surface area contributed by atoms with Crippen LogP contribution in [-0.2, 0) is 21.2 Å². The zero-order valence-electron chi connectivity index (χ0n) is 11.1. The molecule has 2 heterocycles. The summed E-state index contributed by atoms with van der Waals surface area (Å²) < 4.78 is 25.9. The molecule has 0 spiro atoms. The van der Waals surface area contributed by atoms with Gasteiger partial charge in [0, 0.05) is 18.0 Å². The molecule has 1 aromatic rings. The van der Waals surface area contributed by atoms with Gasteiger partial charge in [-0.1, -0.05) is 13.3 Å². The summed E-state index contributed by atoms with van der Waals surface area (Å²) in [5.74, 6) is -0.989. The van der Waals surface area contributed by atoms with Crippen LogP contribution in [0.15, 0.2) is 16.3 Å². The number of thiophene rings is 1. The maximum Gasteiger partial charge on any atom is 0.308 e. The van der Waals surface area contributed by atoms with Gasteiger partial charge in [-0.2, -0.15) is 4.31 Å². The lowest BCUT2D eigenvalue weighted by Crippen LogP contribution is -2.63. The van der Waals surface area contributed by atoms with Crippen molar-refractivity contribution in [2.45, 2.75) is 36.0 Å². The van der Waals surface area contributed by atoms with Crippen molar-refractivity contribution in [3.63, 3.8) is 0 Å². The number of aliphatic carboxylic acids is 1. The Morgan fingerprint density at radius 2 is 2.10 bits per heavy atom. The molecule has 1 aliphatic heterocycles. The average Bonchev–Trinajstić information content (AvgIpc) is 2.74. The van der Waals surface area contributed by atoms with Crippen LogP contribution in [0.25, 0.3) is 0 Å². The van der Waals surface area contributed by atoms with Gasteiger partial charge in [0.05, 0.1) is 12.0 Å². The van der Waals surface area contributed by atoms with Gasteiger partial charge in [0.15, 0.2) is 0 Å². The van der Waals surface area contributed by atoms with Gasteiger partial charge in [-0.15, -0.1) is 11.3 Å². The molecule has 0 radical (unpaired) electrons. The lowest BCUT2D eigenvalue weighted by molar-refractivity contribution is -0.136. The first kappa shape index (κ1) is 15.4. The topological polar surface area (TPSA) is 94.9 Å². The Morgan fingerprint density at radius 1 is 1.45 bits per heavy atom. The molecule has 2 rings (SSSR count). The molecule has 20 heavy (non-hydrogen) atoms. The maximum absolute atomic E-state index is 12.3. The number of rotatable bonds is 6. The third kappa shape index (κ3) is 3.03. The van der Waals surface area contributed by atoms with E-state index in [0.717, 1.165) is 17.8 Å². The number of carboxylic acid groups (broad SMARTS) is 1. The Kier molecular flexibility index (Phi) is 4.19. The zero-order valence-corrected chi connectivity index (χ0v) is 12.7. The highest BCUT2D eigenvalue weighted by Crippen LogP contribution is 2.33. The Labute approximate surface area is 121 Å². The number of hydrogen-bond donors (Lipinski definition) is 2. The van der Waals surface area contributed by atoms with Crippen molar-refractivity contribution in [2.75, 3.05) is 13.1 Å². The normalized spacial score (nSPS) is 18.7. The summed E-state index contributed by atoms with van der Waals surface area (Å²) in [6.07, 6.45) is 1.19. The minimum absolute atomic E-state index is 0.106. The molecule has 1 saturated heterocycles. The SMILES string of the molecule is CCCC1(O)CN(S(=O)(=O)c2ccc(CC(=O)O)s2)C1. The van der Waals surface area contributed by atoms with Crippen molar-refractivity contribution in [3.8, 4) is 0 Å². The van der Waals surface area contributed by atoms with Crippen LogP contribution in [-0.4, -0.2) is 47.6 Å². The van der Waals surface area contributed by atoms with Gasteiger partial charge in [-0.25, -0.2) is 8.42 Å². The van der Waals surface area contributed by atoms with Crippen LogP contribution in [0.1, 0.15) is 24.6 Å². The summed E-state index contributed by atoms with van der Waals surface area (Å²) in [6.45, 7) is 2.15. The molecule has 112 valence electrons. The minimum Gasteiger partial charge on any atom is -0.481 e.